The van der Waals surface area contributed by atoms with Crippen LogP contribution in [0.2, 0.25) is 0 Å². The molecule has 2 N–H and O–H groups in total. The van der Waals surface area contributed by atoms with Crippen LogP contribution in [-0.4, -0.2) is 9.38 Å². The van der Waals surface area contributed by atoms with Crippen LogP contribution in [0.4, 0.5) is 5.82 Å². The van der Waals surface area contributed by atoms with Crippen LogP contribution in [-0.2, 0) is 0 Å². The molecule has 0 saturated carbocycles. The molecule has 0 fully saturated rings. The maximum atomic E-state index is 9.21. The van der Waals surface area contributed by atoms with Crippen molar-refractivity contribution in [2.24, 2.45) is 0 Å². The van der Waals surface area contributed by atoms with E-state index in [2.05, 4.69) is 27.0 Å². The quantitative estimate of drug-likeness (QED) is 0.743. The Morgan fingerprint density at radius 3 is 2.75 bits per heavy atom. The molecule has 2 aromatic heterocycles. The molecule has 0 aliphatic rings. The summed E-state index contributed by atoms with van der Waals surface area (Å²) in [5.74, 6) is 0.543. The molecule has 0 atom stereocenters. The van der Waals surface area contributed by atoms with Crippen molar-refractivity contribution in [1.82, 2.24) is 9.38 Å². The number of nitriles is 1. The fourth-order valence-electron chi connectivity index (χ4n) is 2.28. The van der Waals surface area contributed by atoms with Crippen molar-refractivity contribution < 1.29 is 0 Å². The van der Waals surface area contributed by atoms with Gasteiger partial charge in [-0.25, -0.2) is 4.98 Å². The number of imidazole rings is 1. The maximum Gasteiger partial charge on any atom is 0.139 e. The van der Waals surface area contributed by atoms with Crippen molar-refractivity contribution in [2.75, 3.05) is 5.73 Å². The highest BCUT2D eigenvalue weighted by molar-refractivity contribution is 9.10. The van der Waals surface area contributed by atoms with E-state index in [-0.39, 0.29) is 0 Å². The highest BCUT2D eigenvalue weighted by Crippen LogP contribution is 2.31. The molecule has 4 nitrogen and oxygen atoms in total. The van der Waals surface area contributed by atoms with Gasteiger partial charge in [0.1, 0.15) is 17.2 Å². The summed E-state index contributed by atoms with van der Waals surface area (Å²) >= 11 is 3.49. The molecule has 0 aliphatic carbocycles. The summed E-state index contributed by atoms with van der Waals surface area (Å²) in [6.07, 6.45) is 0. The van der Waals surface area contributed by atoms with Crippen molar-refractivity contribution in [3.63, 3.8) is 0 Å². The van der Waals surface area contributed by atoms with Crippen LogP contribution in [0.15, 0.2) is 40.9 Å². The highest BCUT2D eigenvalue weighted by atomic mass is 79.9. The lowest BCUT2D eigenvalue weighted by Gasteiger charge is -2.05. The van der Waals surface area contributed by atoms with E-state index in [9.17, 15) is 5.26 Å². The molecule has 3 aromatic rings. The van der Waals surface area contributed by atoms with Crippen molar-refractivity contribution in [3.05, 3.63) is 52.1 Å². The monoisotopic (exact) mass is 326 g/mol. The molecule has 0 aliphatic heterocycles. The van der Waals surface area contributed by atoms with Gasteiger partial charge in [-0.3, -0.25) is 4.40 Å². The minimum Gasteiger partial charge on any atom is -0.383 e. The number of rotatable bonds is 1. The first kappa shape index (κ1) is 12.7. The van der Waals surface area contributed by atoms with Gasteiger partial charge in [-0.15, -0.1) is 0 Å². The lowest BCUT2D eigenvalue weighted by molar-refractivity contribution is 1.09. The van der Waals surface area contributed by atoms with Gasteiger partial charge in [0.2, 0.25) is 0 Å². The molecule has 2 heterocycles. The van der Waals surface area contributed by atoms with Crippen LogP contribution in [0.5, 0.6) is 0 Å². The number of fused-ring (bicyclic) bond motifs is 1. The van der Waals surface area contributed by atoms with Gasteiger partial charge in [-0.1, -0.05) is 18.2 Å². The van der Waals surface area contributed by atoms with E-state index >= 15 is 0 Å². The number of nitrogen functional groups attached to an aromatic ring is 1. The highest BCUT2D eigenvalue weighted by Gasteiger charge is 2.16. The molecule has 0 radical (unpaired) electrons. The second kappa shape index (κ2) is 4.66. The van der Waals surface area contributed by atoms with E-state index in [1.165, 1.54) is 0 Å². The number of benzene rings is 1. The second-order valence-corrected chi connectivity index (χ2v) is 5.32. The molecule has 0 unspecified atom stereocenters. The SMILES string of the molecule is Cc1c(Br)ccc2nc(-c3ccccc3C#N)c(N)n12. The normalized spacial score (nSPS) is 10.7. The third-order valence-corrected chi connectivity index (χ3v) is 4.14. The minimum absolute atomic E-state index is 0.543. The number of hydrogen-bond donors (Lipinski definition) is 1. The smallest absolute Gasteiger partial charge is 0.139 e. The van der Waals surface area contributed by atoms with Gasteiger partial charge in [0.15, 0.2) is 0 Å². The average Bonchev–Trinajstić information content (AvgIpc) is 2.80. The number of nitrogens with zero attached hydrogens (tertiary/aromatic N) is 3. The molecule has 0 spiro atoms. The molecule has 0 amide bonds. The van der Waals surface area contributed by atoms with Crippen LogP contribution in [0, 0.1) is 18.3 Å². The number of aryl methyl sites for hydroxylation is 1. The molecular weight excluding hydrogens is 316 g/mol. The maximum absolute atomic E-state index is 9.21. The van der Waals surface area contributed by atoms with Gasteiger partial charge in [-0.2, -0.15) is 5.26 Å². The van der Waals surface area contributed by atoms with Gasteiger partial charge >= 0.3 is 0 Å². The molecule has 0 saturated heterocycles. The van der Waals surface area contributed by atoms with E-state index in [0.29, 0.717) is 17.1 Å². The predicted molar refractivity (Wildman–Crippen MR) is 82.2 cm³/mol. The zero-order valence-corrected chi connectivity index (χ0v) is 12.3. The van der Waals surface area contributed by atoms with Crippen LogP contribution in [0.1, 0.15) is 11.3 Å². The summed E-state index contributed by atoms with van der Waals surface area (Å²) in [7, 11) is 0. The summed E-state index contributed by atoms with van der Waals surface area (Å²) < 4.78 is 2.85. The third-order valence-electron chi connectivity index (χ3n) is 3.30. The van der Waals surface area contributed by atoms with Gasteiger partial charge in [0.25, 0.3) is 0 Å². The van der Waals surface area contributed by atoms with Crippen molar-refractivity contribution in [3.8, 4) is 17.3 Å². The van der Waals surface area contributed by atoms with Gasteiger partial charge in [0.05, 0.1) is 11.6 Å². The van der Waals surface area contributed by atoms with Gasteiger partial charge in [0, 0.05) is 15.7 Å². The Morgan fingerprint density at radius 1 is 1.25 bits per heavy atom. The standard InChI is InChI=1S/C15H11BrN4/c1-9-12(16)6-7-13-19-14(15(18)20(9)13)11-5-3-2-4-10(11)8-17/h2-7H,18H2,1H3. The number of anilines is 1. The van der Waals surface area contributed by atoms with Crippen LogP contribution in [0.3, 0.4) is 0 Å². The molecule has 5 heteroatoms. The molecule has 0 bridgehead atoms. The van der Waals surface area contributed by atoms with Gasteiger partial charge in [-0.05, 0) is 41.1 Å². The minimum atomic E-state index is 0.543. The molecule has 20 heavy (non-hydrogen) atoms. The summed E-state index contributed by atoms with van der Waals surface area (Å²) in [5, 5.41) is 9.21. The zero-order valence-electron chi connectivity index (χ0n) is 10.8. The van der Waals surface area contributed by atoms with Crippen LogP contribution >= 0.6 is 15.9 Å². The summed E-state index contributed by atoms with van der Waals surface area (Å²) in [4.78, 5) is 4.56. The largest absolute Gasteiger partial charge is 0.383 e. The first-order chi connectivity index (χ1) is 9.63. The lowest BCUT2D eigenvalue weighted by Crippen LogP contribution is -1.98. The van der Waals surface area contributed by atoms with Crippen molar-refractivity contribution >= 4 is 27.4 Å². The lowest BCUT2D eigenvalue weighted by atomic mass is 10.1. The Bertz CT molecular complexity index is 858. The van der Waals surface area contributed by atoms with E-state index in [1.54, 1.807) is 6.07 Å². The number of halogens is 1. The van der Waals surface area contributed by atoms with Crippen molar-refractivity contribution in [2.45, 2.75) is 6.92 Å². The molecule has 98 valence electrons. The predicted octanol–water partition coefficient (Wildman–Crippen LogP) is 3.53. The molecule has 1 aromatic carbocycles. The summed E-state index contributed by atoms with van der Waals surface area (Å²) in [6, 6.07) is 13.3. The Labute approximate surface area is 124 Å². The summed E-state index contributed by atoms with van der Waals surface area (Å²) in [6.45, 7) is 1.97. The first-order valence-corrected chi connectivity index (χ1v) is 6.85. The van der Waals surface area contributed by atoms with Gasteiger partial charge < -0.3 is 5.73 Å². The van der Waals surface area contributed by atoms with Crippen LogP contribution < -0.4 is 5.73 Å². The second-order valence-electron chi connectivity index (χ2n) is 4.46. The molecule has 3 rings (SSSR count). The fourth-order valence-corrected chi connectivity index (χ4v) is 2.59. The Kier molecular flexibility index (Phi) is 2.96. The van der Waals surface area contributed by atoms with E-state index in [0.717, 1.165) is 21.4 Å². The number of pyridine rings is 1. The number of hydrogen-bond acceptors (Lipinski definition) is 3. The first-order valence-electron chi connectivity index (χ1n) is 6.06. The Hall–Kier alpha value is -2.32. The topological polar surface area (TPSA) is 67.1 Å². The number of nitrogens with two attached hydrogens (primary N) is 1. The van der Waals surface area contributed by atoms with E-state index in [4.69, 9.17) is 5.73 Å². The average molecular weight is 327 g/mol. The zero-order chi connectivity index (χ0) is 14.3. The Balaban J connectivity index is 2.37. The van der Waals surface area contributed by atoms with E-state index < -0.39 is 0 Å². The van der Waals surface area contributed by atoms with E-state index in [1.807, 2.05) is 41.7 Å². The fraction of sp³-hybridized carbons (Fsp3) is 0.0667. The third kappa shape index (κ3) is 1.77. The molecular formula is C15H11BrN4. The number of aromatic nitrogens is 2. The Morgan fingerprint density at radius 2 is 2.00 bits per heavy atom. The van der Waals surface area contributed by atoms with Crippen LogP contribution in [0.25, 0.3) is 16.9 Å². The summed E-state index contributed by atoms with van der Waals surface area (Å²) in [5.41, 5.74) is 9.95. The van der Waals surface area contributed by atoms with Crippen molar-refractivity contribution in [1.29, 1.82) is 5.26 Å².